The number of fused-ring (bicyclic) bond motifs is 1. The molecule has 0 spiro atoms. The van der Waals surface area contributed by atoms with E-state index in [0.717, 1.165) is 87.0 Å². The zero-order valence-corrected chi connectivity index (χ0v) is 35.9. The molecule has 2 aromatic heterocycles. The van der Waals surface area contributed by atoms with Gasteiger partial charge in [0, 0.05) is 86.9 Å². The summed E-state index contributed by atoms with van der Waals surface area (Å²) in [4.78, 5) is 37.1. The Bertz CT molecular complexity index is 2580. The van der Waals surface area contributed by atoms with Crippen molar-refractivity contribution in [1.82, 2.24) is 19.6 Å². The summed E-state index contributed by atoms with van der Waals surface area (Å²) in [5.74, 6) is -0.198. The molecule has 1 amide bonds. The third-order valence-electron chi connectivity index (χ3n) is 11.9. The fraction of sp³-hybridized carbons (Fsp3) is 0.378. The molecule has 0 saturated carbocycles. The summed E-state index contributed by atoms with van der Waals surface area (Å²) in [5.41, 5.74) is 5.46. The van der Waals surface area contributed by atoms with Gasteiger partial charge in [-0.3, -0.25) is 19.8 Å². The van der Waals surface area contributed by atoms with E-state index in [-0.39, 0.29) is 28.3 Å². The van der Waals surface area contributed by atoms with E-state index in [2.05, 4.69) is 55.8 Å². The van der Waals surface area contributed by atoms with Crippen LogP contribution in [0.2, 0.25) is 5.02 Å². The van der Waals surface area contributed by atoms with E-state index in [1.165, 1.54) is 35.0 Å². The van der Waals surface area contributed by atoms with E-state index in [1.807, 2.05) is 18.2 Å². The molecule has 1 aliphatic carbocycles. The maximum absolute atomic E-state index is 13.9. The number of nitro groups is 1. The number of allylic oxidation sites excluding steroid dienone is 1. The van der Waals surface area contributed by atoms with Gasteiger partial charge in [-0.05, 0) is 103 Å². The number of nitro benzene ring substituents is 1. The largest absolute Gasteiger partial charge is 0.455 e. The Kier molecular flexibility index (Phi) is 12.4. The van der Waals surface area contributed by atoms with Gasteiger partial charge in [0.1, 0.15) is 22.8 Å². The molecule has 4 heterocycles. The predicted octanol–water partition coefficient (Wildman–Crippen LogP) is 8.66. The highest BCUT2D eigenvalue weighted by Gasteiger charge is 2.31. The average Bonchev–Trinajstić information content (AvgIpc) is 3.72. The van der Waals surface area contributed by atoms with Crippen LogP contribution in [0.15, 0.2) is 95.7 Å². The lowest BCUT2D eigenvalue weighted by Gasteiger charge is -2.39. The number of anilines is 2. The van der Waals surface area contributed by atoms with E-state index >= 15 is 0 Å². The SMILES string of the molecule is CC1(C)CCC(CN2CCN(c3ccc(C(=O)NS(=O)(=O)c4ccc(NCC5CCOCC5)c([N+](=O)[O-])c4)c(Oc4cnc5[nH]ccc5c4)c3)CC2)=C(c2cccc(Cl)c2)C1. The van der Waals surface area contributed by atoms with Crippen LogP contribution in [0.4, 0.5) is 17.1 Å². The van der Waals surface area contributed by atoms with Gasteiger partial charge in [-0.1, -0.05) is 43.2 Å². The second-order valence-electron chi connectivity index (χ2n) is 16.9. The minimum Gasteiger partial charge on any atom is -0.455 e. The molecule has 8 rings (SSSR count). The van der Waals surface area contributed by atoms with Gasteiger partial charge in [0.2, 0.25) is 0 Å². The second-order valence-corrected chi connectivity index (χ2v) is 19.0. The number of carbonyl (C=O) groups excluding carboxylic acids is 1. The molecular formula is C45H50ClN7O7S. The topological polar surface area (TPSA) is 172 Å². The molecule has 3 aromatic carbocycles. The Morgan fingerprint density at radius 3 is 2.62 bits per heavy atom. The number of amides is 1. The van der Waals surface area contributed by atoms with Crippen LogP contribution in [0, 0.1) is 21.4 Å². The Labute approximate surface area is 360 Å². The van der Waals surface area contributed by atoms with Crippen molar-refractivity contribution in [1.29, 1.82) is 0 Å². The number of sulfonamides is 1. The number of hydrogen-bond donors (Lipinski definition) is 3. The number of hydrogen-bond acceptors (Lipinski definition) is 11. The first-order valence-electron chi connectivity index (χ1n) is 20.7. The van der Waals surface area contributed by atoms with Crippen LogP contribution >= 0.6 is 11.6 Å². The van der Waals surface area contributed by atoms with E-state index in [1.54, 1.807) is 30.5 Å². The van der Waals surface area contributed by atoms with E-state index in [4.69, 9.17) is 21.1 Å². The van der Waals surface area contributed by atoms with Gasteiger partial charge in [-0.15, -0.1) is 0 Å². The molecular weight excluding hydrogens is 818 g/mol. The monoisotopic (exact) mass is 867 g/mol. The Morgan fingerprint density at radius 2 is 1.85 bits per heavy atom. The molecule has 0 unspecified atom stereocenters. The summed E-state index contributed by atoms with van der Waals surface area (Å²) in [6.45, 7) is 10.3. The number of halogens is 1. The molecule has 5 aromatic rings. The van der Waals surface area contributed by atoms with Crippen LogP contribution < -0.4 is 19.7 Å². The molecule has 61 heavy (non-hydrogen) atoms. The number of H-pyrrole nitrogens is 1. The van der Waals surface area contributed by atoms with E-state index < -0.39 is 31.4 Å². The zero-order valence-electron chi connectivity index (χ0n) is 34.3. The Morgan fingerprint density at radius 1 is 1.05 bits per heavy atom. The van der Waals surface area contributed by atoms with Crippen LogP contribution in [0.3, 0.4) is 0 Å². The number of rotatable bonds is 13. The van der Waals surface area contributed by atoms with Crippen molar-refractivity contribution < 1.29 is 27.6 Å². The normalized spacial score (nSPS) is 17.7. The number of nitrogens with one attached hydrogen (secondary N) is 3. The minimum atomic E-state index is -4.55. The predicted molar refractivity (Wildman–Crippen MR) is 237 cm³/mol. The molecule has 2 saturated heterocycles. The first-order valence-corrected chi connectivity index (χ1v) is 22.5. The van der Waals surface area contributed by atoms with Gasteiger partial charge in [0.25, 0.3) is 21.6 Å². The fourth-order valence-electron chi connectivity index (χ4n) is 8.43. The van der Waals surface area contributed by atoms with E-state index in [9.17, 15) is 23.3 Å². The number of benzene rings is 3. The lowest BCUT2D eigenvalue weighted by Crippen LogP contribution is -2.47. The third kappa shape index (κ3) is 10.0. The Balaban J connectivity index is 1.01. The molecule has 16 heteroatoms. The first kappa shape index (κ1) is 42.2. The summed E-state index contributed by atoms with van der Waals surface area (Å²) in [6, 6.07) is 20.4. The van der Waals surface area contributed by atoms with Gasteiger partial charge >= 0.3 is 0 Å². The van der Waals surface area contributed by atoms with Gasteiger partial charge in [-0.25, -0.2) is 18.1 Å². The van der Waals surface area contributed by atoms with Crippen molar-refractivity contribution in [3.63, 3.8) is 0 Å². The molecule has 320 valence electrons. The maximum Gasteiger partial charge on any atom is 0.293 e. The van der Waals surface area contributed by atoms with Crippen molar-refractivity contribution in [2.45, 2.75) is 50.8 Å². The Hall–Kier alpha value is -5.48. The van der Waals surface area contributed by atoms with Crippen molar-refractivity contribution in [3.05, 3.63) is 117 Å². The lowest BCUT2D eigenvalue weighted by molar-refractivity contribution is -0.384. The van der Waals surface area contributed by atoms with Crippen LogP contribution in [0.1, 0.15) is 61.9 Å². The van der Waals surface area contributed by atoms with Crippen LogP contribution in [0.25, 0.3) is 16.6 Å². The van der Waals surface area contributed by atoms with Crippen molar-refractivity contribution in [3.8, 4) is 11.5 Å². The van der Waals surface area contributed by atoms with Gasteiger partial charge < -0.3 is 24.7 Å². The second kappa shape index (κ2) is 17.9. The van der Waals surface area contributed by atoms with Gasteiger partial charge in [-0.2, -0.15) is 0 Å². The molecule has 14 nitrogen and oxygen atoms in total. The number of nitrogens with zero attached hydrogens (tertiary/aromatic N) is 4. The quantitative estimate of drug-likeness (QED) is 0.0764. The molecule has 0 bridgehead atoms. The number of aromatic nitrogens is 2. The number of pyridine rings is 1. The summed E-state index contributed by atoms with van der Waals surface area (Å²) in [7, 11) is -4.55. The summed E-state index contributed by atoms with van der Waals surface area (Å²) >= 11 is 6.43. The summed E-state index contributed by atoms with van der Waals surface area (Å²) in [6.07, 6.45) is 8.10. The van der Waals surface area contributed by atoms with Crippen LogP contribution in [0.5, 0.6) is 11.5 Å². The molecule has 0 radical (unpaired) electrons. The number of ether oxygens (including phenoxy) is 2. The van der Waals surface area contributed by atoms with Crippen molar-refractivity contribution >= 4 is 61.2 Å². The van der Waals surface area contributed by atoms with Crippen molar-refractivity contribution in [2.24, 2.45) is 11.3 Å². The molecule has 0 atom stereocenters. The minimum absolute atomic E-state index is 0.0370. The summed E-state index contributed by atoms with van der Waals surface area (Å²) in [5, 5.41) is 16.7. The number of carbonyl (C=O) groups is 1. The number of piperazine rings is 1. The highest BCUT2D eigenvalue weighted by atomic mass is 35.5. The van der Waals surface area contributed by atoms with Crippen LogP contribution in [-0.2, 0) is 14.8 Å². The molecule has 3 aliphatic rings. The molecule has 2 fully saturated rings. The standard InChI is InChI=1S/C45H50ClN7O7S/c1-45(2)14-10-33(39(26-45)31-4-3-5-34(46)22-31)29-51-16-18-52(19-17-51)35-6-8-38(42(24-35)60-36-23-32-11-15-47-43(32)49-28-36)44(54)50-61(57,58)37-7-9-40(41(25-37)53(55)56)48-27-30-12-20-59-21-13-30/h3-9,11,15,22-25,28,30,48H,10,12-14,16-21,26-27,29H2,1-2H3,(H,47,49)(H,50,54). The lowest BCUT2D eigenvalue weighted by atomic mass is 9.72. The van der Waals surface area contributed by atoms with Crippen molar-refractivity contribution in [2.75, 3.05) is 62.7 Å². The van der Waals surface area contributed by atoms with E-state index in [0.29, 0.717) is 31.2 Å². The fourth-order valence-corrected chi connectivity index (χ4v) is 9.60. The first-order chi connectivity index (χ1) is 29.3. The number of aromatic amines is 1. The third-order valence-corrected chi connectivity index (χ3v) is 13.5. The zero-order chi connectivity index (χ0) is 42.7. The van der Waals surface area contributed by atoms with Crippen LogP contribution in [-0.4, -0.2) is 86.6 Å². The van der Waals surface area contributed by atoms with Gasteiger partial charge in [0.15, 0.2) is 0 Å². The molecule has 2 aliphatic heterocycles. The smallest absolute Gasteiger partial charge is 0.293 e. The highest BCUT2D eigenvalue weighted by molar-refractivity contribution is 7.90. The summed E-state index contributed by atoms with van der Waals surface area (Å²) < 4.78 is 41.2. The highest BCUT2D eigenvalue weighted by Crippen LogP contribution is 2.44. The van der Waals surface area contributed by atoms with Gasteiger partial charge in [0.05, 0.1) is 21.6 Å². The molecule has 3 N–H and O–H groups in total. The average molecular weight is 868 g/mol. The maximum atomic E-state index is 13.9.